The van der Waals surface area contributed by atoms with E-state index in [9.17, 15) is 14.9 Å². The van der Waals surface area contributed by atoms with Crippen LogP contribution in [0, 0.1) is 10.1 Å². The lowest BCUT2D eigenvalue weighted by Crippen LogP contribution is -2.46. The lowest BCUT2D eigenvalue weighted by molar-refractivity contribution is -0.384. The number of hydrogen-bond donors (Lipinski definition) is 0. The van der Waals surface area contributed by atoms with Gasteiger partial charge in [-0.2, -0.15) is 0 Å². The number of nitro benzene ring substituents is 1. The highest BCUT2D eigenvalue weighted by Gasteiger charge is 2.27. The molecule has 1 aliphatic heterocycles. The van der Waals surface area contributed by atoms with Gasteiger partial charge in [0, 0.05) is 25.2 Å². The van der Waals surface area contributed by atoms with E-state index in [4.69, 9.17) is 9.47 Å². The zero-order chi connectivity index (χ0) is 16.3. The minimum absolute atomic E-state index is 0.0222. The van der Waals surface area contributed by atoms with Crippen molar-refractivity contribution in [3.8, 4) is 0 Å². The number of carbonyl (C=O) groups excluding carboxylic acids is 1. The van der Waals surface area contributed by atoms with Gasteiger partial charge < -0.3 is 14.4 Å². The zero-order valence-electron chi connectivity index (χ0n) is 12.9. The Bertz CT molecular complexity index is 565. The Kier molecular flexibility index (Phi) is 4.97. The molecule has 0 N–H and O–H groups in total. The third-order valence-electron chi connectivity index (χ3n) is 3.45. The molecule has 0 amide bonds. The molecule has 0 unspecified atom stereocenters. The van der Waals surface area contributed by atoms with E-state index in [1.165, 1.54) is 12.1 Å². The van der Waals surface area contributed by atoms with E-state index in [2.05, 4.69) is 0 Å². The molecule has 0 bridgehead atoms. The Labute approximate surface area is 129 Å². The normalized spacial score (nSPS) is 21.5. The molecular weight excluding hydrogens is 288 g/mol. The monoisotopic (exact) mass is 308 g/mol. The van der Waals surface area contributed by atoms with Crippen molar-refractivity contribution in [1.82, 2.24) is 0 Å². The van der Waals surface area contributed by atoms with Gasteiger partial charge in [-0.3, -0.25) is 10.1 Å². The summed E-state index contributed by atoms with van der Waals surface area (Å²) in [6.07, 6.45) is 0.0444. The molecule has 120 valence electrons. The number of anilines is 1. The van der Waals surface area contributed by atoms with E-state index in [1.54, 1.807) is 13.0 Å². The predicted molar refractivity (Wildman–Crippen MR) is 81.3 cm³/mol. The van der Waals surface area contributed by atoms with Gasteiger partial charge in [-0.15, -0.1) is 0 Å². The summed E-state index contributed by atoms with van der Waals surface area (Å²) in [6.45, 7) is 7.07. The maximum Gasteiger partial charge on any atom is 0.340 e. The van der Waals surface area contributed by atoms with Crippen molar-refractivity contribution in [3.63, 3.8) is 0 Å². The van der Waals surface area contributed by atoms with Crippen LogP contribution >= 0.6 is 0 Å². The second kappa shape index (κ2) is 6.74. The number of carbonyl (C=O) groups is 1. The van der Waals surface area contributed by atoms with Crippen LogP contribution in [0.4, 0.5) is 11.4 Å². The molecule has 2 atom stereocenters. The first-order chi connectivity index (χ1) is 10.4. The second-order valence-electron chi connectivity index (χ2n) is 5.34. The van der Waals surface area contributed by atoms with Crippen LogP contribution in [-0.4, -0.2) is 42.8 Å². The highest BCUT2D eigenvalue weighted by atomic mass is 16.6. The fourth-order valence-electron chi connectivity index (χ4n) is 2.66. The number of ether oxygens (including phenoxy) is 2. The van der Waals surface area contributed by atoms with Crippen LogP contribution in [0.2, 0.25) is 0 Å². The molecule has 22 heavy (non-hydrogen) atoms. The zero-order valence-corrected chi connectivity index (χ0v) is 12.9. The number of hydrogen-bond acceptors (Lipinski definition) is 6. The predicted octanol–water partition coefficient (Wildman–Crippen LogP) is 2.39. The molecule has 1 fully saturated rings. The number of nitro groups is 1. The van der Waals surface area contributed by atoms with E-state index in [0.717, 1.165) is 0 Å². The van der Waals surface area contributed by atoms with E-state index < -0.39 is 10.9 Å². The Morgan fingerprint density at radius 1 is 1.41 bits per heavy atom. The minimum atomic E-state index is -0.548. The van der Waals surface area contributed by atoms with Gasteiger partial charge >= 0.3 is 5.97 Å². The van der Waals surface area contributed by atoms with Gasteiger partial charge in [0.05, 0.1) is 35.0 Å². The average molecular weight is 308 g/mol. The first-order valence-corrected chi connectivity index (χ1v) is 7.28. The van der Waals surface area contributed by atoms with E-state index in [-0.39, 0.29) is 30.1 Å². The summed E-state index contributed by atoms with van der Waals surface area (Å²) in [5.41, 5.74) is 0.740. The third kappa shape index (κ3) is 3.54. The van der Waals surface area contributed by atoms with Gasteiger partial charge in [-0.25, -0.2) is 4.79 Å². The topological polar surface area (TPSA) is 81.9 Å². The van der Waals surface area contributed by atoms with Crippen molar-refractivity contribution in [1.29, 1.82) is 0 Å². The average Bonchev–Trinajstić information content (AvgIpc) is 2.45. The van der Waals surface area contributed by atoms with Gasteiger partial charge in [0.1, 0.15) is 0 Å². The highest BCUT2D eigenvalue weighted by molar-refractivity contribution is 5.96. The molecule has 0 aromatic heterocycles. The molecule has 1 aromatic rings. The summed E-state index contributed by atoms with van der Waals surface area (Å²) >= 11 is 0. The van der Waals surface area contributed by atoms with Crippen LogP contribution in [0.25, 0.3) is 0 Å². The minimum Gasteiger partial charge on any atom is -0.462 e. The van der Waals surface area contributed by atoms with Gasteiger partial charge in [-0.05, 0) is 26.8 Å². The molecule has 1 heterocycles. The first kappa shape index (κ1) is 16.2. The Morgan fingerprint density at radius 3 is 2.59 bits per heavy atom. The number of esters is 1. The van der Waals surface area contributed by atoms with Crippen LogP contribution in [0.15, 0.2) is 18.2 Å². The van der Waals surface area contributed by atoms with Crippen molar-refractivity contribution in [3.05, 3.63) is 33.9 Å². The SMILES string of the molecule is CCOC(=O)c1cc([N+](=O)[O-])ccc1N1C[C@H](C)O[C@@H](C)C1. The molecule has 2 rings (SSSR count). The van der Waals surface area contributed by atoms with Gasteiger partial charge in [0.2, 0.25) is 0 Å². The molecule has 1 aromatic carbocycles. The molecule has 1 aliphatic rings. The van der Waals surface area contributed by atoms with Crippen LogP contribution in [-0.2, 0) is 9.47 Å². The quantitative estimate of drug-likeness (QED) is 0.482. The molecule has 0 aliphatic carbocycles. The fraction of sp³-hybridized carbons (Fsp3) is 0.533. The Balaban J connectivity index is 2.40. The maximum absolute atomic E-state index is 12.1. The summed E-state index contributed by atoms with van der Waals surface area (Å²) in [4.78, 5) is 24.6. The molecule has 0 radical (unpaired) electrons. The van der Waals surface area contributed by atoms with Crippen LogP contribution in [0.1, 0.15) is 31.1 Å². The summed E-state index contributed by atoms with van der Waals surface area (Å²) in [5.74, 6) is -0.548. The number of non-ortho nitro benzene ring substituents is 1. The molecular formula is C15H20N2O5. The van der Waals surface area contributed by atoms with Crippen molar-refractivity contribution < 1.29 is 19.2 Å². The van der Waals surface area contributed by atoms with Gasteiger partial charge in [0.25, 0.3) is 5.69 Å². The van der Waals surface area contributed by atoms with E-state index in [1.807, 2.05) is 18.7 Å². The van der Waals surface area contributed by atoms with Gasteiger partial charge in [0.15, 0.2) is 0 Å². The fourth-order valence-corrected chi connectivity index (χ4v) is 2.66. The summed E-state index contributed by atoms with van der Waals surface area (Å²) in [5, 5.41) is 10.9. The van der Waals surface area contributed by atoms with Crippen molar-refractivity contribution in [2.45, 2.75) is 33.0 Å². The molecule has 7 heteroatoms. The first-order valence-electron chi connectivity index (χ1n) is 7.28. The third-order valence-corrected chi connectivity index (χ3v) is 3.45. The van der Waals surface area contributed by atoms with Crippen LogP contribution in [0.3, 0.4) is 0 Å². The van der Waals surface area contributed by atoms with E-state index >= 15 is 0 Å². The van der Waals surface area contributed by atoms with Crippen molar-refractivity contribution in [2.24, 2.45) is 0 Å². The number of benzene rings is 1. The summed E-state index contributed by atoms with van der Waals surface area (Å²) in [6, 6.07) is 4.29. The molecule has 7 nitrogen and oxygen atoms in total. The summed E-state index contributed by atoms with van der Waals surface area (Å²) < 4.78 is 10.7. The molecule has 0 spiro atoms. The van der Waals surface area contributed by atoms with Crippen LogP contribution < -0.4 is 4.90 Å². The Morgan fingerprint density at radius 2 is 2.05 bits per heavy atom. The van der Waals surface area contributed by atoms with Crippen LogP contribution in [0.5, 0.6) is 0 Å². The number of nitrogens with zero attached hydrogens (tertiary/aromatic N) is 2. The van der Waals surface area contributed by atoms with Crippen molar-refractivity contribution in [2.75, 3.05) is 24.6 Å². The number of rotatable bonds is 4. The van der Waals surface area contributed by atoms with Gasteiger partial charge in [-0.1, -0.05) is 0 Å². The molecule has 0 saturated carbocycles. The smallest absolute Gasteiger partial charge is 0.340 e. The Hall–Kier alpha value is -2.15. The second-order valence-corrected chi connectivity index (χ2v) is 5.34. The lowest BCUT2D eigenvalue weighted by Gasteiger charge is -2.37. The van der Waals surface area contributed by atoms with Crippen molar-refractivity contribution >= 4 is 17.3 Å². The largest absolute Gasteiger partial charge is 0.462 e. The number of morpholine rings is 1. The highest BCUT2D eigenvalue weighted by Crippen LogP contribution is 2.28. The van der Waals surface area contributed by atoms with E-state index in [0.29, 0.717) is 18.8 Å². The standard InChI is InChI=1S/C15H20N2O5/c1-4-21-15(18)13-7-12(17(19)20)5-6-14(13)16-8-10(2)22-11(3)9-16/h5-7,10-11H,4,8-9H2,1-3H3/t10-,11-/m0/s1. The molecule has 1 saturated heterocycles. The summed E-state index contributed by atoms with van der Waals surface area (Å²) in [7, 11) is 0. The maximum atomic E-state index is 12.1. The lowest BCUT2D eigenvalue weighted by atomic mass is 10.1.